The quantitative estimate of drug-likeness (QED) is 0.641. The predicted molar refractivity (Wildman–Crippen MR) is 132 cm³/mol. The van der Waals surface area contributed by atoms with Crippen molar-refractivity contribution in [1.29, 1.82) is 0 Å². The molecule has 0 bridgehead atoms. The number of anilines is 1. The van der Waals surface area contributed by atoms with Crippen molar-refractivity contribution in [3.63, 3.8) is 0 Å². The lowest BCUT2D eigenvalue weighted by molar-refractivity contribution is -0.129. The Balaban J connectivity index is 1.55. The van der Waals surface area contributed by atoms with Gasteiger partial charge in [0, 0.05) is 10.9 Å². The van der Waals surface area contributed by atoms with Gasteiger partial charge in [0.05, 0.1) is 18.2 Å². The van der Waals surface area contributed by atoms with Crippen molar-refractivity contribution in [3.8, 4) is 0 Å². The molecule has 0 aromatic heterocycles. The van der Waals surface area contributed by atoms with E-state index >= 15 is 0 Å². The molecule has 1 aliphatic heterocycles. The van der Waals surface area contributed by atoms with Crippen molar-refractivity contribution in [2.24, 2.45) is 11.8 Å². The van der Waals surface area contributed by atoms with E-state index in [9.17, 15) is 9.59 Å². The normalized spacial score (nSPS) is 24.1. The van der Waals surface area contributed by atoms with E-state index in [1.54, 1.807) is 0 Å². The van der Waals surface area contributed by atoms with Crippen molar-refractivity contribution in [2.45, 2.75) is 76.1 Å². The van der Waals surface area contributed by atoms with Gasteiger partial charge in [-0.15, -0.1) is 11.8 Å². The van der Waals surface area contributed by atoms with Gasteiger partial charge in [-0.1, -0.05) is 49.7 Å². The molecule has 0 radical (unpaired) electrons. The maximum atomic E-state index is 13.7. The van der Waals surface area contributed by atoms with Crippen LogP contribution in [-0.2, 0) is 16.1 Å². The molecule has 2 amide bonds. The van der Waals surface area contributed by atoms with Crippen LogP contribution in [0.3, 0.4) is 0 Å². The maximum Gasteiger partial charge on any atom is 0.241 e. The zero-order valence-electron chi connectivity index (χ0n) is 19.6. The first-order chi connectivity index (χ1) is 15.3. The van der Waals surface area contributed by atoms with Crippen LogP contribution in [0.2, 0.25) is 0 Å². The number of nitrogens with zero attached hydrogens (tertiary/aromatic N) is 1. The average molecular weight is 451 g/mol. The fourth-order valence-corrected chi connectivity index (χ4v) is 6.02. The predicted octanol–water partition coefficient (Wildman–Crippen LogP) is 5.64. The highest BCUT2D eigenvalue weighted by atomic mass is 32.2. The number of aryl methyl sites for hydroxylation is 2. The van der Waals surface area contributed by atoms with Gasteiger partial charge in [0.15, 0.2) is 0 Å². The summed E-state index contributed by atoms with van der Waals surface area (Å²) in [5.41, 5.74) is 4.44. The highest BCUT2D eigenvalue weighted by Gasteiger charge is 2.40. The average Bonchev–Trinajstić information content (AvgIpc) is 2.78. The third kappa shape index (κ3) is 4.88. The lowest BCUT2D eigenvalue weighted by Crippen LogP contribution is -2.49. The number of carbonyl (C=O) groups excluding carboxylic acids is 2. The molecule has 0 saturated heterocycles. The minimum absolute atomic E-state index is 0.00136. The highest BCUT2D eigenvalue weighted by Crippen LogP contribution is 2.42. The molecule has 1 heterocycles. The van der Waals surface area contributed by atoms with Crippen molar-refractivity contribution >= 4 is 29.3 Å². The number of para-hydroxylation sites is 1. The summed E-state index contributed by atoms with van der Waals surface area (Å²) >= 11 is 1.53. The SMILES string of the molecule is Cc1ccc(C)c(CN2C(=O)[C@H]([C@H](C)C(=O)NC3CCC(C)CC3)Sc3ccccc32)c1. The first-order valence-corrected chi connectivity index (χ1v) is 12.6. The first-order valence-electron chi connectivity index (χ1n) is 11.8. The number of rotatable bonds is 5. The van der Waals surface area contributed by atoms with Crippen molar-refractivity contribution in [2.75, 3.05) is 4.90 Å². The van der Waals surface area contributed by atoms with E-state index in [4.69, 9.17) is 0 Å². The lowest BCUT2D eigenvalue weighted by atomic mass is 9.87. The van der Waals surface area contributed by atoms with Crippen LogP contribution in [0.15, 0.2) is 47.4 Å². The molecule has 4 rings (SSSR count). The Labute approximate surface area is 196 Å². The van der Waals surface area contributed by atoms with E-state index < -0.39 is 5.25 Å². The fraction of sp³-hybridized carbons (Fsp3) is 0.481. The number of amides is 2. The van der Waals surface area contributed by atoms with Crippen LogP contribution in [0.25, 0.3) is 0 Å². The molecule has 2 atom stereocenters. The van der Waals surface area contributed by atoms with E-state index in [1.165, 1.54) is 22.9 Å². The molecule has 1 fully saturated rings. The van der Waals surface area contributed by atoms with Gasteiger partial charge in [-0.25, -0.2) is 0 Å². The Hall–Kier alpha value is -2.27. The zero-order chi connectivity index (χ0) is 22.8. The molecule has 0 spiro atoms. The molecule has 1 saturated carbocycles. The summed E-state index contributed by atoms with van der Waals surface area (Å²) in [5.74, 6) is 0.378. The molecule has 0 unspecified atom stereocenters. The van der Waals surface area contributed by atoms with Crippen LogP contribution in [0, 0.1) is 25.7 Å². The molecule has 5 heteroatoms. The van der Waals surface area contributed by atoms with Gasteiger partial charge in [0.1, 0.15) is 5.25 Å². The minimum Gasteiger partial charge on any atom is -0.353 e. The molecule has 1 aliphatic carbocycles. The lowest BCUT2D eigenvalue weighted by Gasteiger charge is -2.36. The number of benzene rings is 2. The molecule has 2 aromatic carbocycles. The standard InChI is InChI=1S/C27H34N2O2S/c1-17-10-13-22(14-11-17)28-26(30)20(4)25-27(31)29(23-7-5-6-8-24(23)32-25)16-21-15-18(2)9-12-19(21)3/h5-9,12,15,17,20,22,25H,10-11,13-14,16H2,1-4H3,(H,28,30)/t17?,20-,22?,25-/m0/s1. The molecule has 2 aromatic rings. The summed E-state index contributed by atoms with van der Waals surface area (Å²) < 4.78 is 0. The number of hydrogen-bond acceptors (Lipinski definition) is 3. The molecule has 1 N–H and O–H groups in total. The zero-order valence-corrected chi connectivity index (χ0v) is 20.4. The monoisotopic (exact) mass is 450 g/mol. The Bertz CT molecular complexity index is 997. The summed E-state index contributed by atoms with van der Waals surface area (Å²) in [4.78, 5) is 29.8. The molecular formula is C27H34N2O2S. The third-order valence-electron chi connectivity index (χ3n) is 6.98. The van der Waals surface area contributed by atoms with Gasteiger partial charge in [0.25, 0.3) is 0 Å². The summed E-state index contributed by atoms with van der Waals surface area (Å²) in [5, 5.41) is 2.82. The molecule has 170 valence electrons. The second-order valence-electron chi connectivity index (χ2n) is 9.61. The van der Waals surface area contributed by atoms with Crippen molar-refractivity contribution in [3.05, 3.63) is 59.2 Å². The molecule has 2 aliphatic rings. The number of nitrogens with one attached hydrogen (secondary N) is 1. The van der Waals surface area contributed by atoms with Crippen LogP contribution < -0.4 is 10.2 Å². The van der Waals surface area contributed by atoms with Crippen LogP contribution in [0.1, 0.15) is 56.2 Å². The van der Waals surface area contributed by atoms with Crippen LogP contribution in [0.5, 0.6) is 0 Å². The molecular weight excluding hydrogens is 416 g/mol. The maximum absolute atomic E-state index is 13.7. The summed E-state index contributed by atoms with van der Waals surface area (Å²) in [6.45, 7) is 8.87. The summed E-state index contributed by atoms with van der Waals surface area (Å²) in [7, 11) is 0. The second-order valence-corrected chi connectivity index (χ2v) is 10.8. The van der Waals surface area contributed by atoms with Crippen molar-refractivity contribution < 1.29 is 9.59 Å². The topological polar surface area (TPSA) is 49.4 Å². The third-order valence-corrected chi connectivity index (χ3v) is 8.45. The Morgan fingerprint density at radius 3 is 2.59 bits per heavy atom. The summed E-state index contributed by atoms with van der Waals surface area (Å²) in [6.07, 6.45) is 4.39. The van der Waals surface area contributed by atoms with E-state index in [-0.39, 0.29) is 23.8 Å². The Morgan fingerprint density at radius 1 is 1.12 bits per heavy atom. The molecule has 32 heavy (non-hydrogen) atoms. The van der Waals surface area contributed by atoms with Crippen LogP contribution >= 0.6 is 11.8 Å². The van der Waals surface area contributed by atoms with E-state index in [1.807, 2.05) is 30.0 Å². The number of thioether (sulfide) groups is 1. The number of carbonyl (C=O) groups is 2. The van der Waals surface area contributed by atoms with Crippen LogP contribution in [0.4, 0.5) is 5.69 Å². The Morgan fingerprint density at radius 2 is 1.84 bits per heavy atom. The highest BCUT2D eigenvalue weighted by molar-refractivity contribution is 8.01. The minimum atomic E-state index is -0.419. The van der Waals surface area contributed by atoms with Gasteiger partial charge < -0.3 is 10.2 Å². The van der Waals surface area contributed by atoms with E-state index in [0.29, 0.717) is 6.54 Å². The summed E-state index contributed by atoms with van der Waals surface area (Å²) in [6, 6.07) is 14.6. The van der Waals surface area contributed by atoms with Gasteiger partial charge in [-0.2, -0.15) is 0 Å². The largest absolute Gasteiger partial charge is 0.353 e. The number of fused-ring (bicyclic) bond motifs is 1. The van der Waals surface area contributed by atoms with Gasteiger partial charge in [0.2, 0.25) is 11.8 Å². The van der Waals surface area contributed by atoms with Gasteiger partial charge in [-0.05, 0) is 68.7 Å². The van der Waals surface area contributed by atoms with Crippen molar-refractivity contribution in [1.82, 2.24) is 5.32 Å². The van der Waals surface area contributed by atoms with Gasteiger partial charge in [-0.3, -0.25) is 9.59 Å². The van der Waals surface area contributed by atoms with Gasteiger partial charge >= 0.3 is 0 Å². The fourth-order valence-electron chi connectivity index (χ4n) is 4.73. The van der Waals surface area contributed by atoms with E-state index in [0.717, 1.165) is 47.7 Å². The second kappa shape index (κ2) is 9.70. The van der Waals surface area contributed by atoms with E-state index in [2.05, 4.69) is 50.4 Å². The van der Waals surface area contributed by atoms with Crippen LogP contribution in [-0.4, -0.2) is 23.1 Å². The smallest absolute Gasteiger partial charge is 0.241 e. The first kappa shape index (κ1) is 22.9. The number of hydrogen-bond donors (Lipinski definition) is 1. The Kier molecular flexibility index (Phi) is 6.94. The molecule has 4 nitrogen and oxygen atoms in total.